The third kappa shape index (κ3) is 9.84. The summed E-state index contributed by atoms with van der Waals surface area (Å²) < 4.78 is 0. The average molecular weight is 336 g/mol. The molecule has 0 amide bonds. The van der Waals surface area contributed by atoms with E-state index >= 15 is 0 Å². The van der Waals surface area contributed by atoms with Crippen LogP contribution < -0.4 is 0 Å². The number of carbonyl (C=O) groups excluding carboxylic acids is 2. The van der Waals surface area contributed by atoms with Gasteiger partial charge in [0.1, 0.15) is 11.6 Å². The van der Waals surface area contributed by atoms with E-state index in [9.17, 15) is 14.9 Å². The number of hydrogen-bond acceptors (Lipinski definition) is 5. The molecule has 0 aromatic carbocycles. The summed E-state index contributed by atoms with van der Waals surface area (Å²) in [6.45, 7) is 14.0. The molecular weight excluding hydrogens is 304 g/mol. The third-order valence-electron chi connectivity index (χ3n) is 3.52. The zero-order valence-corrected chi connectivity index (χ0v) is 13.8. The SMILES string of the molecule is C.C.[C-]#[N+]C(C)(CCC(=O)CC)N=NC(C)(C#N)CCC(=O)CC. The Kier molecular flexibility index (Phi) is 13.8. The Bertz CT molecular complexity index is 470. The highest BCUT2D eigenvalue weighted by atomic mass is 16.1. The molecule has 0 radical (unpaired) electrons. The molecule has 0 aromatic heterocycles. The zero-order chi connectivity index (χ0) is 17.2. The lowest BCUT2D eigenvalue weighted by Crippen LogP contribution is -2.24. The van der Waals surface area contributed by atoms with Crippen LogP contribution in [-0.4, -0.2) is 22.8 Å². The van der Waals surface area contributed by atoms with Gasteiger partial charge in [0.2, 0.25) is 0 Å². The quantitative estimate of drug-likeness (QED) is 0.408. The molecule has 0 aliphatic carbocycles. The molecule has 0 saturated heterocycles. The highest BCUT2D eigenvalue weighted by Crippen LogP contribution is 2.25. The summed E-state index contributed by atoms with van der Waals surface area (Å²) in [7, 11) is 0. The van der Waals surface area contributed by atoms with Crippen molar-refractivity contribution in [2.75, 3.05) is 0 Å². The van der Waals surface area contributed by atoms with Crippen molar-refractivity contribution in [1.82, 2.24) is 0 Å². The molecule has 0 N–H and O–H groups in total. The molecule has 0 aliphatic rings. The highest BCUT2D eigenvalue weighted by molar-refractivity contribution is 5.78. The van der Waals surface area contributed by atoms with Crippen molar-refractivity contribution in [3.63, 3.8) is 0 Å². The van der Waals surface area contributed by atoms with Gasteiger partial charge < -0.3 is 0 Å². The third-order valence-corrected chi connectivity index (χ3v) is 3.52. The van der Waals surface area contributed by atoms with E-state index in [0.717, 1.165) is 0 Å². The number of carbonyl (C=O) groups is 2. The van der Waals surface area contributed by atoms with Crippen LogP contribution in [0.3, 0.4) is 0 Å². The molecule has 0 fully saturated rings. The number of Topliss-reactive ketones (excluding diaryl/α,β-unsaturated/α-hetero) is 2. The maximum atomic E-state index is 11.4. The Morgan fingerprint density at radius 2 is 1.50 bits per heavy atom. The van der Waals surface area contributed by atoms with Gasteiger partial charge in [-0.2, -0.15) is 10.4 Å². The summed E-state index contributed by atoms with van der Waals surface area (Å²) in [6, 6.07) is 2.05. The van der Waals surface area contributed by atoms with Crippen molar-refractivity contribution in [2.24, 2.45) is 10.2 Å². The van der Waals surface area contributed by atoms with Crippen LogP contribution in [-0.2, 0) is 9.59 Å². The lowest BCUT2D eigenvalue weighted by molar-refractivity contribution is -0.119. The summed E-state index contributed by atoms with van der Waals surface area (Å²) in [5, 5.41) is 17.3. The number of rotatable bonds is 10. The van der Waals surface area contributed by atoms with Crippen molar-refractivity contribution in [1.29, 1.82) is 5.26 Å². The summed E-state index contributed by atoms with van der Waals surface area (Å²) in [4.78, 5) is 26.2. The zero-order valence-electron chi connectivity index (χ0n) is 13.8. The number of hydrogen-bond donors (Lipinski definition) is 0. The van der Waals surface area contributed by atoms with E-state index in [-0.39, 0.29) is 52.1 Å². The number of ketones is 2. The summed E-state index contributed by atoms with van der Waals surface area (Å²) in [5.74, 6) is 0.139. The van der Waals surface area contributed by atoms with Crippen molar-refractivity contribution >= 4 is 11.6 Å². The van der Waals surface area contributed by atoms with Crippen LogP contribution in [0.5, 0.6) is 0 Å². The molecular formula is C18H32N4O2. The fourth-order valence-corrected chi connectivity index (χ4v) is 1.59. The fraction of sp³-hybridized carbons (Fsp3) is 0.778. The molecule has 0 rings (SSSR count). The molecule has 6 heteroatoms. The van der Waals surface area contributed by atoms with Gasteiger partial charge in [0.05, 0.1) is 12.5 Å². The smallest absolute Gasteiger partial charge is 0.300 e. The molecule has 24 heavy (non-hydrogen) atoms. The van der Waals surface area contributed by atoms with Crippen molar-refractivity contribution < 1.29 is 9.59 Å². The summed E-state index contributed by atoms with van der Waals surface area (Å²) in [6.07, 6.45) is 1.95. The topological polar surface area (TPSA) is 87.0 Å². The van der Waals surface area contributed by atoms with Crippen LogP contribution >= 0.6 is 0 Å². The predicted octanol–water partition coefficient (Wildman–Crippen LogP) is 5.15. The molecule has 0 bridgehead atoms. The van der Waals surface area contributed by atoms with E-state index < -0.39 is 11.2 Å². The second-order valence-corrected chi connectivity index (χ2v) is 5.70. The first-order chi connectivity index (χ1) is 10.2. The number of azo groups is 1. The monoisotopic (exact) mass is 336 g/mol. The molecule has 0 saturated carbocycles. The normalized spacial score (nSPS) is 14.9. The number of nitriles is 1. The van der Waals surface area contributed by atoms with Gasteiger partial charge in [-0.15, -0.1) is 5.11 Å². The molecule has 2 unspecified atom stereocenters. The van der Waals surface area contributed by atoms with E-state index in [1.165, 1.54) is 0 Å². The molecule has 0 spiro atoms. The van der Waals surface area contributed by atoms with E-state index in [4.69, 9.17) is 6.57 Å². The minimum atomic E-state index is -1.14. The Balaban J connectivity index is -0.00000220. The molecule has 0 aliphatic heterocycles. The van der Waals surface area contributed by atoms with E-state index in [1.54, 1.807) is 27.7 Å². The fourth-order valence-electron chi connectivity index (χ4n) is 1.59. The summed E-state index contributed by atoms with van der Waals surface area (Å²) >= 11 is 0. The molecule has 6 nitrogen and oxygen atoms in total. The van der Waals surface area contributed by atoms with Gasteiger partial charge in [0.25, 0.3) is 0 Å². The van der Waals surface area contributed by atoms with Crippen LogP contribution in [0.4, 0.5) is 0 Å². The molecule has 0 aromatic rings. The van der Waals surface area contributed by atoms with Gasteiger partial charge in [-0.25, -0.2) is 6.57 Å². The largest absolute Gasteiger partial charge is 0.338 e. The van der Waals surface area contributed by atoms with Gasteiger partial charge in [-0.05, 0) is 13.3 Å². The molecule has 2 atom stereocenters. The van der Waals surface area contributed by atoms with Crippen molar-refractivity contribution in [2.45, 2.75) is 92.3 Å². The van der Waals surface area contributed by atoms with Crippen molar-refractivity contribution in [3.8, 4) is 6.07 Å². The van der Waals surface area contributed by atoms with E-state index in [0.29, 0.717) is 12.8 Å². The van der Waals surface area contributed by atoms with Gasteiger partial charge in [-0.3, -0.25) is 14.4 Å². The predicted molar refractivity (Wildman–Crippen MR) is 96.4 cm³/mol. The number of nitrogens with zero attached hydrogens (tertiary/aromatic N) is 4. The highest BCUT2D eigenvalue weighted by Gasteiger charge is 2.33. The minimum Gasteiger partial charge on any atom is -0.300 e. The second kappa shape index (κ2) is 12.4. The second-order valence-electron chi connectivity index (χ2n) is 5.70. The van der Waals surface area contributed by atoms with Crippen LogP contribution in [0.1, 0.15) is 81.1 Å². The van der Waals surface area contributed by atoms with E-state index in [1.807, 2.05) is 6.07 Å². The van der Waals surface area contributed by atoms with Crippen LogP contribution in [0.25, 0.3) is 4.85 Å². The van der Waals surface area contributed by atoms with Crippen molar-refractivity contribution in [3.05, 3.63) is 11.4 Å². The Morgan fingerprint density at radius 1 is 1.04 bits per heavy atom. The van der Waals surface area contributed by atoms with Crippen LogP contribution in [0.15, 0.2) is 10.2 Å². The Hall–Kier alpha value is -2.08. The van der Waals surface area contributed by atoms with Gasteiger partial charge in [-0.1, -0.05) is 28.7 Å². The lowest BCUT2D eigenvalue weighted by Gasteiger charge is -2.16. The minimum absolute atomic E-state index is 0. The molecule has 0 heterocycles. The van der Waals surface area contributed by atoms with Crippen LogP contribution in [0.2, 0.25) is 0 Å². The average Bonchev–Trinajstić information content (AvgIpc) is 2.55. The Labute approximate surface area is 147 Å². The Morgan fingerprint density at radius 3 is 1.88 bits per heavy atom. The summed E-state index contributed by atoms with van der Waals surface area (Å²) in [5.41, 5.74) is -2.26. The van der Waals surface area contributed by atoms with Gasteiger partial charge in [0, 0.05) is 32.6 Å². The maximum Gasteiger partial charge on any atom is 0.338 e. The first-order valence-electron chi connectivity index (χ1n) is 7.51. The first-order valence-corrected chi connectivity index (χ1v) is 7.51. The maximum absolute atomic E-state index is 11.4. The molecule has 136 valence electrons. The first kappa shape index (κ1) is 26.8. The lowest BCUT2D eigenvalue weighted by atomic mass is 9.97. The van der Waals surface area contributed by atoms with Crippen LogP contribution in [0, 0.1) is 17.9 Å². The van der Waals surface area contributed by atoms with Gasteiger partial charge in [0.15, 0.2) is 5.54 Å². The standard InChI is InChI=1S/C16H24N4O2.2CH4/c1-6-13(21)8-10-15(3,12-17)19-20-16(4,18-5)11-9-14(22)7-2;;/h6-11H2,1-4H3;2*1H4. The van der Waals surface area contributed by atoms with Gasteiger partial charge >= 0.3 is 5.66 Å². The van der Waals surface area contributed by atoms with E-state index in [2.05, 4.69) is 15.1 Å².